The summed E-state index contributed by atoms with van der Waals surface area (Å²) >= 11 is 0. The van der Waals surface area contributed by atoms with Crippen molar-refractivity contribution in [2.24, 2.45) is 0 Å². The van der Waals surface area contributed by atoms with Crippen LogP contribution in [0.25, 0.3) is 17.0 Å². The summed E-state index contributed by atoms with van der Waals surface area (Å²) in [6.07, 6.45) is 6.37. The Morgan fingerprint density at radius 3 is 2.71 bits per heavy atom. The second kappa shape index (κ2) is 8.86. The van der Waals surface area contributed by atoms with E-state index in [2.05, 4.69) is 16.5 Å². The summed E-state index contributed by atoms with van der Waals surface area (Å²) < 4.78 is 30.5. The van der Waals surface area contributed by atoms with Crippen LogP contribution in [0, 0.1) is 11.6 Å². The average molecular weight is 422 g/mol. The molecule has 0 radical (unpaired) electrons. The Labute approximate surface area is 179 Å². The number of nitrogens with zero attached hydrogens (tertiary/aromatic N) is 1. The maximum atomic E-state index is 15.3. The summed E-state index contributed by atoms with van der Waals surface area (Å²) in [6.45, 7) is 5.14. The highest BCUT2D eigenvalue weighted by Gasteiger charge is 2.35. The number of carboxylic acids is 1. The Hall–Kier alpha value is -3.25. The molecule has 1 aromatic heterocycles. The Kier molecular flexibility index (Phi) is 6.00. The Morgan fingerprint density at radius 2 is 2.00 bits per heavy atom. The van der Waals surface area contributed by atoms with E-state index >= 15 is 8.78 Å². The minimum atomic E-state index is -1.17. The van der Waals surface area contributed by atoms with Gasteiger partial charge < -0.3 is 10.1 Å². The number of unbranched alkanes of at least 4 members (excludes halogenated alkanes) is 1. The molecular formula is C25H24F2N2O2. The first kappa shape index (κ1) is 21.0. The van der Waals surface area contributed by atoms with Crippen molar-refractivity contribution < 1.29 is 18.7 Å². The Bertz CT molecular complexity index is 1140. The van der Waals surface area contributed by atoms with Gasteiger partial charge in [0.2, 0.25) is 0 Å². The molecule has 1 aliphatic heterocycles. The predicted molar refractivity (Wildman–Crippen MR) is 118 cm³/mol. The van der Waals surface area contributed by atoms with Crippen molar-refractivity contribution >= 4 is 22.9 Å². The van der Waals surface area contributed by atoms with Crippen LogP contribution in [0.2, 0.25) is 0 Å². The lowest BCUT2D eigenvalue weighted by Crippen LogP contribution is -2.37. The molecule has 0 fully saturated rings. The van der Waals surface area contributed by atoms with Crippen molar-refractivity contribution in [1.29, 1.82) is 0 Å². The quantitative estimate of drug-likeness (QED) is 0.302. The molecule has 0 unspecified atom stereocenters. The van der Waals surface area contributed by atoms with Crippen LogP contribution in [-0.4, -0.2) is 34.0 Å². The first-order valence-electron chi connectivity index (χ1n) is 10.3. The van der Waals surface area contributed by atoms with Crippen molar-refractivity contribution in [3.05, 3.63) is 89.1 Å². The number of fused-ring (bicyclic) bond motifs is 3. The summed E-state index contributed by atoms with van der Waals surface area (Å²) in [5.74, 6) is -2.54. The topological polar surface area (TPSA) is 56.3 Å². The van der Waals surface area contributed by atoms with Gasteiger partial charge in [0.05, 0.1) is 6.04 Å². The summed E-state index contributed by atoms with van der Waals surface area (Å²) in [6, 6.07) is 9.70. The number of hydrogen-bond donors (Lipinski definition) is 2. The smallest absolute Gasteiger partial charge is 0.328 e. The summed E-state index contributed by atoms with van der Waals surface area (Å²) in [5.41, 5.74) is 3.02. The molecule has 0 aliphatic carbocycles. The molecule has 31 heavy (non-hydrogen) atoms. The fourth-order valence-electron chi connectivity index (χ4n) is 4.43. The number of para-hydroxylation sites is 1. The zero-order valence-corrected chi connectivity index (χ0v) is 17.1. The molecule has 0 bridgehead atoms. The third-order valence-electron chi connectivity index (χ3n) is 5.78. The number of benzene rings is 2. The molecule has 0 saturated heterocycles. The van der Waals surface area contributed by atoms with E-state index in [1.54, 1.807) is 0 Å². The van der Waals surface area contributed by atoms with Crippen LogP contribution >= 0.6 is 0 Å². The molecule has 160 valence electrons. The zero-order valence-electron chi connectivity index (χ0n) is 17.1. The first-order chi connectivity index (χ1) is 15.0. The third-order valence-corrected chi connectivity index (χ3v) is 5.78. The van der Waals surface area contributed by atoms with Gasteiger partial charge in [0.15, 0.2) is 0 Å². The SMILES string of the molecule is C=CCCCN1CCc2c([nH]c3ccccc23)[C@H]1c1c(F)cc(/C=C/C(=O)O)cc1F. The van der Waals surface area contributed by atoms with Crippen LogP contribution in [0.1, 0.15) is 41.3 Å². The minimum Gasteiger partial charge on any atom is -0.478 e. The first-order valence-corrected chi connectivity index (χ1v) is 10.3. The van der Waals surface area contributed by atoms with Gasteiger partial charge in [0, 0.05) is 34.8 Å². The monoisotopic (exact) mass is 422 g/mol. The molecule has 4 rings (SSSR count). The van der Waals surface area contributed by atoms with E-state index in [1.807, 2.05) is 30.3 Å². The van der Waals surface area contributed by atoms with E-state index in [-0.39, 0.29) is 11.1 Å². The standard InChI is InChI=1S/C25H24F2N2O2/c1-2-3-6-12-29-13-11-18-17-7-4-5-8-21(17)28-24(18)25(29)23-19(26)14-16(15-20(23)27)9-10-22(30)31/h2,4-5,7-10,14-15,25,28H,1,3,6,11-13H2,(H,30,31)/b10-9+/t25-/m1/s1. The highest BCUT2D eigenvalue weighted by molar-refractivity contribution is 5.86. The molecule has 2 N–H and O–H groups in total. The van der Waals surface area contributed by atoms with E-state index < -0.39 is 23.6 Å². The van der Waals surface area contributed by atoms with Crippen molar-refractivity contribution in [3.63, 3.8) is 0 Å². The molecule has 1 aliphatic rings. The van der Waals surface area contributed by atoms with Gasteiger partial charge in [-0.25, -0.2) is 13.6 Å². The number of allylic oxidation sites excluding steroid dienone is 1. The van der Waals surface area contributed by atoms with E-state index in [1.165, 1.54) is 18.2 Å². The highest BCUT2D eigenvalue weighted by Crippen LogP contribution is 2.40. The van der Waals surface area contributed by atoms with Crippen LogP contribution in [0.5, 0.6) is 0 Å². The normalized spacial score (nSPS) is 16.6. The number of halogens is 2. The van der Waals surface area contributed by atoms with Gasteiger partial charge >= 0.3 is 5.97 Å². The van der Waals surface area contributed by atoms with Crippen LogP contribution in [0.15, 0.2) is 55.1 Å². The van der Waals surface area contributed by atoms with Gasteiger partial charge in [0.25, 0.3) is 0 Å². The number of aromatic nitrogens is 1. The molecule has 3 aromatic rings. The van der Waals surface area contributed by atoms with E-state index in [0.29, 0.717) is 13.1 Å². The molecular weight excluding hydrogens is 398 g/mol. The molecule has 2 aromatic carbocycles. The molecule has 0 spiro atoms. The number of rotatable bonds is 7. The van der Waals surface area contributed by atoms with E-state index in [0.717, 1.165) is 47.5 Å². The van der Waals surface area contributed by atoms with E-state index in [4.69, 9.17) is 5.11 Å². The van der Waals surface area contributed by atoms with Crippen LogP contribution < -0.4 is 0 Å². The minimum absolute atomic E-state index is 0.0152. The maximum Gasteiger partial charge on any atom is 0.328 e. The Morgan fingerprint density at radius 1 is 1.26 bits per heavy atom. The van der Waals surface area contributed by atoms with Crippen molar-refractivity contribution in [3.8, 4) is 0 Å². The molecule has 2 heterocycles. The predicted octanol–water partition coefficient (Wildman–Crippen LogP) is 5.46. The van der Waals surface area contributed by atoms with Crippen LogP contribution in [0.4, 0.5) is 8.78 Å². The van der Waals surface area contributed by atoms with Crippen LogP contribution in [0.3, 0.4) is 0 Å². The van der Waals surface area contributed by atoms with Gasteiger partial charge in [-0.15, -0.1) is 6.58 Å². The lowest BCUT2D eigenvalue weighted by molar-refractivity contribution is -0.131. The average Bonchev–Trinajstić information content (AvgIpc) is 3.12. The molecule has 6 heteroatoms. The lowest BCUT2D eigenvalue weighted by Gasteiger charge is -2.36. The second-order valence-electron chi connectivity index (χ2n) is 7.75. The Balaban J connectivity index is 1.82. The van der Waals surface area contributed by atoms with Crippen molar-refractivity contribution in [1.82, 2.24) is 9.88 Å². The van der Waals surface area contributed by atoms with Gasteiger partial charge in [0.1, 0.15) is 11.6 Å². The number of carboxylic acid groups (broad SMARTS) is 1. The van der Waals surface area contributed by atoms with Gasteiger partial charge in [-0.05, 0) is 61.2 Å². The van der Waals surface area contributed by atoms with Gasteiger partial charge in [-0.3, -0.25) is 4.90 Å². The van der Waals surface area contributed by atoms with Crippen LogP contribution in [-0.2, 0) is 11.2 Å². The fraction of sp³-hybridized carbons (Fsp3) is 0.240. The van der Waals surface area contributed by atoms with Gasteiger partial charge in [-0.1, -0.05) is 24.3 Å². The number of aliphatic carboxylic acids is 1. The second-order valence-corrected chi connectivity index (χ2v) is 7.75. The number of hydrogen-bond acceptors (Lipinski definition) is 2. The zero-order chi connectivity index (χ0) is 22.0. The summed E-state index contributed by atoms with van der Waals surface area (Å²) in [7, 11) is 0. The fourth-order valence-corrected chi connectivity index (χ4v) is 4.43. The summed E-state index contributed by atoms with van der Waals surface area (Å²) in [5, 5.41) is 9.87. The number of aromatic amines is 1. The van der Waals surface area contributed by atoms with Crippen molar-refractivity contribution in [2.45, 2.75) is 25.3 Å². The third kappa shape index (κ3) is 4.16. The molecule has 0 saturated carbocycles. The number of carbonyl (C=O) groups is 1. The lowest BCUT2D eigenvalue weighted by atomic mass is 9.91. The van der Waals surface area contributed by atoms with Gasteiger partial charge in [-0.2, -0.15) is 0 Å². The number of nitrogens with one attached hydrogen (secondary N) is 1. The van der Waals surface area contributed by atoms with Crippen molar-refractivity contribution in [2.75, 3.05) is 13.1 Å². The highest BCUT2D eigenvalue weighted by atomic mass is 19.1. The summed E-state index contributed by atoms with van der Waals surface area (Å²) in [4.78, 5) is 16.3. The molecule has 4 nitrogen and oxygen atoms in total. The number of H-pyrrole nitrogens is 1. The largest absolute Gasteiger partial charge is 0.478 e. The maximum absolute atomic E-state index is 15.3. The molecule has 1 atom stereocenters. The molecule has 0 amide bonds. The van der Waals surface area contributed by atoms with E-state index in [9.17, 15) is 4.79 Å².